The van der Waals surface area contributed by atoms with Crippen molar-refractivity contribution in [2.24, 2.45) is 0 Å². The van der Waals surface area contributed by atoms with Gasteiger partial charge in [-0.15, -0.1) is 0 Å². The van der Waals surface area contributed by atoms with Gasteiger partial charge in [-0.05, 0) is 17.7 Å². The summed E-state index contributed by atoms with van der Waals surface area (Å²) in [4.78, 5) is 0. The molecule has 0 bridgehead atoms. The predicted molar refractivity (Wildman–Crippen MR) is 42.1 cm³/mol. The van der Waals surface area contributed by atoms with Gasteiger partial charge in [0, 0.05) is 7.11 Å². The summed E-state index contributed by atoms with van der Waals surface area (Å²) in [7, 11) is 1.58. The van der Waals surface area contributed by atoms with E-state index in [0.717, 1.165) is 5.56 Å². The van der Waals surface area contributed by atoms with Crippen LogP contribution in [0.4, 0.5) is 4.39 Å². The van der Waals surface area contributed by atoms with Crippen molar-refractivity contribution in [3.05, 3.63) is 34.6 Å². The van der Waals surface area contributed by atoms with Crippen LogP contribution in [0.5, 0.6) is 0 Å². The van der Waals surface area contributed by atoms with Gasteiger partial charge >= 0.3 is 0 Å². The lowest BCUT2D eigenvalue weighted by Crippen LogP contribution is -1.87. The summed E-state index contributed by atoms with van der Waals surface area (Å²) in [5.74, 6) is -0.397. The largest absolute Gasteiger partial charge is 0.380 e. The zero-order valence-electron chi connectivity index (χ0n) is 6.10. The second kappa shape index (κ2) is 3.69. The van der Waals surface area contributed by atoms with Crippen LogP contribution in [0.3, 0.4) is 0 Å². The van der Waals surface area contributed by atoms with Crippen LogP contribution in [0.15, 0.2) is 18.2 Å². The van der Waals surface area contributed by atoms with Crippen LogP contribution < -0.4 is 0 Å². The summed E-state index contributed by atoms with van der Waals surface area (Å²) < 4.78 is 17.4. The van der Waals surface area contributed by atoms with Crippen molar-refractivity contribution in [2.45, 2.75) is 6.61 Å². The standard InChI is InChI=1S/C8H8ClFO/c1-11-5-6-2-3-8(10)7(9)4-6/h2-4H,5H2,1H3. The average Bonchev–Trinajstić information content (AvgIpc) is 1.98. The minimum Gasteiger partial charge on any atom is -0.380 e. The Hall–Kier alpha value is -0.600. The molecule has 0 radical (unpaired) electrons. The SMILES string of the molecule is COCc1ccc(F)c(Cl)c1. The quantitative estimate of drug-likeness (QED) is 0.670. The Morgan fingerprint density at radius 3 is 2.82 bits per heavy atom. The maximum atomic E-state index is 12.6. The van der Waals surface area contributed by atoms with E-state index < -0.39 is 5.82 Å². The number of methoxy groups -OCH3 is 1. The summed E-state index contributed by atoms with van der Waals surface area (Å²) in [6.45, 7) is 0.458. The first-order chi connectivity index (χ1) is 5.24. The molecule has 1 aromatic carbocycles. The lowest BCUT2D eigenvalue weighted by atomic mass is 10.2. The Morgan fingerprint density at radius 1 is 1.55 bits per heavy atom. The Kier molecular flexibility index (Phi) is 2.85. The Bertz CT molecular complexity index is 250. The number of benzene rings is 1. The van der Waals surface area contributed by atoms with Gasteiger partial charge in [-0.25, -0.2) is 4.39 Å². The van der Waals surface area contributed by atoms with E-state index in [1.807, 2.05) is 0 Å². The molecule has 0 aromatic heterocycles. The van der Waals surface area contributed by atoms with Gasteiger partial charge in [0.05, 0.1) is 11.6 Å². The molecule has 0 spiro atoms. The highest BCUT2D eigenvalue weighted by Crippen LogP contribution is 2.16. The minimum atomic E-state index is -0.397. The van der Waals surface area contributed by atoms with Crippen LogP contribution in [0, 0.1) is 5.82 Å². The summed E-state index contributed by atoms with van der Waals surface area (Å²) in [5.41, 5.74) is 0.874. The lowest BCUT2D eigenvalue weighted by molar-refractivity contribution is 0.185. The van der Waals surface area contributed by atoms with Crippen molar-refractivity contribution < 1.29 is 9.13 Å². The van der Waals surface area contributed by atoms with Crippen LogP contribution in [0.2, 0.25) is 5.02 Å². The fourth-order valence-corrected chi connectivity index (χ4v) is 0.999. The fourth-order valence-electron chi connectivity index (χ4n) is 0.796. The molecule has 0 amide bonds. The third-order valence-electron chi connectivity index (χ3n) is 1.30. The third-order valence-corrected chi connectivity index (χ3v) is 1.58. The van der Waals surface area contributed by atoms with Crippen molar-refractivity contribution in [2.75, 3.05) is 7.11 Å². The van der Waals surface area contributed by atoms with E-state index in [9.17, 15) is 4.39 Å². The van der Waals surface area contributed by atoms with E-state index in [-0.39, 0.29) is 5.02 Å². The van der Waals surface area contributed by atoms with E-state index >= 15 is 0 Å². The molecule has 0 saturated heterocycles. The van der Waals surface area contributed by atoms with Crippen molar-refractivity contribution >= 4 is 11.6 Å². The summed E-state index contributed by atoms with van der Waals surface area (Å²) >= 11 is 5.52. The molecule has 0 aliphatic carbocycles. The van der Waals surface area contributed by atoms with Crippen molar-refractivity contribution in [1.29, 1.82) is 0 Å². The van der Waals surface area contributed by atoms with Gasteiger partial charge in [-0.1, -0.05) is 17.7 Å². The number of hydrogen-bond donors (Lipinski definition) is 0. The molecular weight excluding hydrogens is 167 g/mol. The van der Waals surface area contributed by atoms with Crippen LogP contribution in [-0.4, -0.2) is 7.11 Å². The Labute approximate surface area is 69.7 Å². The minimum absolute atomic E-state index is 0.138. The third kappa shape index (κ3) is 2.17. The van der Waals surface area contributed by atoms with Gasteiger partial charge in [0.1, 0.15) is 5.82 Å². The van der Waals surface area contributed by atoms with Crippen LogP contribution in [0.25, 0.3) is 0 Å². The molecule has 11 heavy (non-hydrogen) atoms. The lowest BCUT2D eigenvalue weighted by Gasteiger charge is -1.99. The highest BCUT2D eigenvalue weighted by Gasteiger charge is 1.99. The van der Waals surface area contributed by atoms with Crippen LogP contribution >= 0.6 is 11.6 Å². The molecule has 1 aromatic rings. The topological polar surface area (TPSA) is 9.23 Å². The maximum absolute atomic E-state index is 12.6. The highest BCUT2D eigenvalue weighted by atomic mass is 35.5. The van der Waals surface area contributed by atoms with Crippen molar-refractivity contribution in [1.82, 2.24) is 0 Å². The van der Waals surface area contributed by atoms with Gasteiger partial charge in [0.2, 0.25) is 0 Å². The monoisotopic (exact) mass is 174 g/mol. The van der Waals surface area contributed by atoms with E-state index in [1.165, 1.54) is 6.07 Å². The zero-order valence-corrected chi connectivity index (χ0v) is 6.86. The first kappa shape index (κ1) is 8.50. The molecule has 0 fully saturated rings. The van der Waals surface area contributed by atoms with Gasteiger partial charge < -0.3 is 4.74 Å². The number of rotatable bonds is 2. The molecule has 0 unspecified atom stereocenters. The van der Waals surface area contributed by atoms with E-state index in [1.54, 1.807) is 19.2 Å². The number of ether oxygens (including phenoxy) is 1. The van der Waals surface area contributed by atoms with E-state index in [4.69, 9.17) is 16.3 Å². The van der Waals surface area contributed by atoms with Gasteiger partial charge in [0.15, 0.2) is 0 Å². The van der Waals surface area contributed by atoms with Crippen LogP contribution in [0.1, 0.15) is 5.56 Å². The number of halogens is 2. The zero-order chi connectivity index (χ0) is 8.27. The van der Waals surface area contributed by atoms with E-state index in [2.05, 4.69) is 0 Å². The average molecular weight is 175 g/mol. The Morgan fingerprint density at radius 2 is 2.27 bits per heavy atom. The highest BCUT2D eigenvalue weighted by molar-refractivity contribution is 6.30. The number of hydrogen-bond acceptors (Lipinski definition) is 1. The summed E-state index contributed by atoms with van der Waals surface area (Å²) in [6, 6.07) is 4.53. The molecule has 3 heteroatoms. The van der Waals surface area contributed by atoms with Crippen molar-refractivity contribution in [3.63, 3.8) is 0 Å². The molecule has 0 aliphatic rings. The predicted octanol–water partition coefficient (Wildman–Crippen LogP) is 2.63. The molecular formula is C8H8ClFO. The first-order valence-electron chi connectivity index (χ1n) is 3.17. The summed E-state index contributed by atoms with van der Waals surface area (Å²) in [5, 5.41) is 0.138. The van der Waals surface area contributed by atoms with Gasteiger partial charge in [0.25, 0.3) is 0 Å². The molecule has 0 atom stereocenters. The van der Waals surface area contributed by atoms with Gasteiger partial charge in [-0.3, -0.25) is 0 Å². The molecule has 0 aliphatic heterocycles. The smallest absolute Gasteiger partial charge is 0.141 e. The van der Waals surface area contributed by atoms with Crippen LogP contribution in [-0.2, 0) is 11.3 Å². The summed E-state index contributed by atoms with van der Waals surface area (Å²) in [6.07, 6.45) is 0. The van der Waals surface area contributed by atoms with Crippen molar-refractivity contribution in [3.8, 4) is 0 Å². The maximum Gasteiger partial charge on any atom is 0.141 e. The second-order valence-corrected chi connectivity index (χ2v) is 2.59. The van der Waals surface area contributed by atoms with E-state index in [0.29, 0.717) is 6.61 Å². The molecule has 0 heterocycles. The first-order valence-corrected chi connectivity index (χ1v) is 3.54. The molecule has 0 saturated carbocycles. The fraction of sp³-hybridized carbons (Fsp3) is 0.250. The van der Waals surface area contributed by atoms with Gasteiger partial charge in [-0.2, -0.15) is 0 Å². The molecule has 1 rings (SSSR count). The molecule has 1 nitrogen and oxygen atoms in total. The molecule has 0 N–H and O–H groups in total. The molecule has 60 valence electrons. The normalized spacial score (nSPS) is 10.1. The Balaban J connectivity index is 2.86. The second-order valence-electron chi connectivity index (χ2n) is 2.18.